The Hall–Kier alpha value is -0.620. The zero-order valence-electron chi connectivity index (χ0n) is 13.5. The van der Waals surface area contributed by atoms with E-state index in [1.807, 2.05) is 18.4 Å². The molecule has 1 atom stereocenters. The van der Waals surface area contributed by atoms with E-state index in [1.165, 1.54) is 17.7 Å². The average Bonchev–Trinajstić information content (AvgIpc) is 3.01. The summed E-state index contributed by atoms with van der Waals surface area (Å²) in [5.74, 6) is 0.912. The smallest absolute Gasteiger partial charge is 0.234 e. The van der Waals surface area contributed by atoms with Gasteiger partial charge in [0.1, 0.15) is 0 Å². The zero-order valence-corrected chi connectivity index (χ0v) is 15.1. The summed E-state index contributed by atoms with van der Waals surface area (Å²) in [5.41, 5.74) is 0. The SMILES string of the molecule is CCNCC1CCN(CC(=O)NC(C)c2cccs2)CC1.Cl. The minimum Gasteiger partial charge on any atom is -0.348 e. The number of nitrogens with one attached hydrogen (secondary N) is 2. The van der Waals surface area contributed by atoms with Gasteiger partial charge in [0.2, 0.25) is 5.91 Å². The van der Waals surface area contributed by atoms with Crippen molar-refractivity contribution in [1.82, 2.24) is 15.5 Å². The van der Waals surface area contributed by atoms with Crippen molar-refractivity contribution in [3.63, 3.8) is 0 Å². The van der Waals surface area contributed by atoms with Gasteiger partial charge in [0.05, 0.1) is 12.6 Å². The molecule has 1 aliphatic rings. The molecule has 2 rings (SSSR count). The fraction of sp³-hybridized carbons (Fsp3) is 0.688. The van der Waals surface area contributed by atoms with Crippen molar-refractivity contribution in [3.05, 3.63) is 22.4 Å². The standard InChI is InChI=1S/C16H27N3OS.ClH/c1-3-17-11-14-6-8-19(9-7-14)12-16(20)18-13(2)15-5-4-10-21-15;/h4-5,10,13-14,17H,3,6-9,11-12H2,1-2H3,(H,18,20);1H. The predicted octanol–water partition coefficient (Wildman–Crippen LogP) is 2.67. The molecule has 6 heteroatoms. The van der Waals surface area contributed by atoms with E-state index in [-0.39, 0.29) is 24.4 Å². The van der Waals surface area contributed by atoms with Crippen LogP contribution in [-0.4, -0.2) is 43.5 Å². The second kappa shape index (κ2) is 10.2. The molecule has 4 nitrogen and oxygen atoms in total. The number of nitrogens with zero attached hydrogens (tertiary/aromatic N) is 1. The lowest BCUT2D eigenvalue weighted by atomic mass is 9.97. The predicted molar refractivity (Wildman–Crippen MR) is 95.8 cm³/mol. The van der Waals surface area contributed by atoms with Crippen molar-refractivity contribution in [1.29, 1.82) is 0 Å². The topological polar surface area (TPSA) is 44.4 Å². The fourth-order valence-electron chi connectivity index (χ4n) is 2.80. The van der Waals surface area contributed by atoms with Crippen LogP contribution in [0.2, 0.25) is 0 Å². The number of rotatable bonds is 7. The summed E-state index contributed by atoms with van der Waals surface area (Å²) < 4.78 is 0. The number of halogens is 1. The lowest BCUT2D eigenvalue weighted by Crippen LogP contribution is -2.43. The zero-order chi connectivity index (χ0) is 15.1. The van der Waals surface area contributed by atoms with Crippen molar-refractivity contribution in [3.8, 4) is 0 Å². The van der Waals surface area contributed by atoms with Gasteiger partial charge in [-0.25, -0.2) is 0 Å². The van der Waals surface area contributed by atoms with E-state index < -0.39 is 0 Å². The molecular formula is C16H28ClN3OS. The Labute approximate surface area is 144 Å². The Kier molecular flexibility index (Phi) is 9.02. The van der Waals surface area contributed by atoms with Crippen LogP contribution in [0.3, 0.4) is 0 Å². The molecule has 1 aliphatic heterocycles. The monoisotopic (exact) mass is 345 g/mol. The molecule has 1 aromatic rings. The quantitative estimate of drug-likeness (QED) is 0.798. The Bertz CT molecular complexity index is 419. The maximum atomic E-state index is 12.1. The number of hydrogen-bond donors (Lipinski definition) is 2. The highest BCUT2D eigenvalue weighted by atomic mass is 35.5. The molecule has 0 aliphatic carbocycles. The maximum absolute atomic E-state index is 12.1. The lowest BCUT2D eigenvalue weighted by molar-refractivity contribution is -0.123. The van der Waals surface area contributed by atoms with Crippen LogP contribution in [-0.2, 0) is 4.79 Å². The molecule has 0 radical (unpaired) electrons. The van der Waals surface area contributed by atoms with Crippen LogP contribution in [0.1, 0.15) is 37.6 Å². The van der Waals surface area contributed by atoms with Gasteiger partial charge >= 0.3 is 0 Å². The van der Waals surface area contributed by atoms with Crippen molar-refractivity contribution < 1.29 is 4.79 Å². The molecule has 1 amide bonds. The molecule has 1 fully saturated rings. The van der Waals surface area contributed by atoms with Gasteiger partial charge < -0.3 is 10.6 Å². The summed E-state index contributed by atoms with van der Waals surface area (Å²) in [6, 6.07) is 4.21. The van der Waals surface area contributed by atoms with Gasteiger partial charge in [-0.3, -0.25) is 9.69 Å². The number of amides is 1. The summed E-state index contributed by atoms with van der Waals surface area (Å²) >= 11 is 1.69. The van der Waals surface area contributed by atoms with E-state index in [1.54, 1.807) is 11.3 Å². The molecule has 1 aromatic heterocycles. The number of piperidine rings is 1. The number of carbonyl (C=O) groups excluding carboxylic acids is 1. The third-order valence-corrected chi connectivity index (χ3v) is 5.16. The average molecular weight is 346 g/mol. The number of thiophene rings is 1. The summed E-state index contributed by atoms with van der Waals surface area (Å²) in [7, 11) is 0. The molecule has 2 heterocycles. The Morgan fingerprint density at radius 1 is 1.45 bits per heavy atom. The molecule has 0 saturated carbocycles. The van der Waals surface area contributed by atoms with E-state index >= 15 is 0 Å². The second-order valence-corrected chi connectivity index (χ2v) is 6.81. The fourth-order valence-corrected chi connectivity index (χ4v) is 3.53. The highest BCUT2D eigenvalue weighted by Gasteiger charge is 2.21. The van der Waals surface area contributed by atoms with E-state index in [0.29, 0.717) is 6.54 Å². The second-order valence-electron chi connectivity index (χ2n) is 5.83. The van der Waals surface area contributed by atoms with Gasteiger partial charge in [-0.1, -0.05) is 13.0 Å². The summed E-state index contributed by atoms with van der Waals surface area (Å²) in [4.78, 5) is 15.6. The molecule has 0 aromatic carbocycles. The molecular weight excluding hydrogens is 318 g/mol. The summed E-state index contributed by atoms with van der Waals surface area (Å²) in [6.07, 6.45) is 2.39. The normalized spacial score (nSPS) is 17.7. The van der Waals surface area contributed by atoms with Crippen LogP contribution in [0.25, 0.3) is 0 Å². The van der Waals surface area contributed by atoms with Crippen molar-refractivity contribution in [2.45, 2.75) is 32.7 Å². The molecule has 0 spiro atoms. The van der Waals surface area contributed by atoms with Crippen molar-refractivity contribution in [2.24, 2.45) is 5.92 Å². The Morgan fingerprint density at radius 3 is 2.77 bits per heavy atom. The van der Waals surface area contributed by atoms with E-state index in [4.69, 9.17) is 0 Å². The highest BCUT2D eigenvalue weighted by Crippen LogP contribution is 2.19. The first-order valence-electron chi connectivity index (χ1n) is 7.95. The first kappa shape index (κ1) is 19.4. The molecule has 0 bridgehead atoms. The van der Waals surface area contributed by atoms with Gasteiger partial charge in [-0.05, 0) is 63.3 Å². The van der Waals surface area contributed by atoms with Crippen molar-refractivity contribution in [2.75, 3.05) is 32.7 Å². The molecule has 1 unspecified atom stereocenters. The van der Waals surface area contributed by atoms with Gasteiger partial charge in [0, 0.05) is 4.88 Å². The van der Waals surface area contributed by atoms with Crippen LogP contribution in [0, 0.1) is 5.92 Å². The van der Waals surface area contributed by atoms with Gasteiger partial charge in [-0.2, -0.15) is 0 Å². The largest absolute Gasteiger partial charge is 0.348 e. The third kappa shape index (κ3) is 6.24. The van der Waals surface area contributed by atoms with Gasteiger partial charge in [-0.15, -0.1) is 23.7 Å². The van der Waals surface area contributed by atoms with E-state index in [2.05, 4.69) is 28.5 Å². The highest BCUT2D eigenvalue weighted by molar-refractivity contribution is 7.10. The molecule has 22 heavy (non-hydrogen) atoms. The lowest BCUT2D eigenvalue weighted by Gasteiger charge is -2.31. The van der Waals surface area contributed by atoms with E-state index in [0.717, 1.165) is 32.1 Å². The number of carbonyl (C=O) groups is 1. The number of hydrogen-bond acceptors (Lipinski definition) is 4. The molecule has 1 saturated heterocycles. The summed E-state index contributed by atoms with van der Waals surface area (Å²) in [6.45, 7) is 8.97. The third-order valence-electron chi connectivity index (χ3n) is 4.10. The maximum Gasteiger partial charge on any atom is 0.234 e. The Balaban J connectivity index is 0.00000242. The van der Waals surface area contributed by atoms with Crippen LogP contribution < -0.4 is 10.6 Å². The number of likely N-dealkylation sites (tertiary alicyclic amines) is 1. The van der Waals surface area contributed by atoms with Crippen LogP contribution in [0.4, 0.5) is 0 Å². The van der Waals surface area contributed by atoms with Crippen LogP contribution >= 0.6 is 23.7 Å². The van der Waals surface area contributed by atoms with E-state index in [9.17, 15) is 4.79 Å². The van der Waals surface area contributed by atoms with Crippen LogP contribution in [0.5, 0.6) is 0 Å². The summed E-state index contributed by atoms with van der Waals surface area (Å²) in [5, 5.41) is 8.56. The van der Waals surface area contributed by atoms with Crippen LogP contribution in [0.15, 0.2) is 17.5 Å². The van der Waals surface area contributed by atoms with Gasteiger partial charge in [0.15, 0.2) is 0 Å². The Morgan fingerprint density at radius 2 is 2.18 bits per heavy atom. The van der Waals surface area contributed by atoms with Crippen molar-refractivity contribution >= 4 is 29.7 Å². The van der Waals surface area contributed by atoms with Gasteiger partial charge in [0.25, 0.3) is 0 Å². The first-order chi connectivity index (χ1) is 10.2. The minimum atomic E-state index is 0. The molecule has 2 N–H and O–H groups in total. The molecule has 126 valence electrons. The first-order valence-corrected chi connectivity index (χ1v) is 8.82. The minimum absolute atomic E-state index is 0.